The van der Waals surface area contributed by atoms with E-state index in [9.17, 15) is 18.0 Å². The Hall–Kier alpha value is -2.18. The van der Waals surface area contributed by atoms with Gasteiger partial charge in [0.15, 0.2) is 0 Å². The number of carbonyl (C=O) groups is 1. The van der Waals surface area contributed by atoms with E-state index >= 15 is 0 Å². The van der Waals surface area contributed by atoms with Crippen LogP contribution in [0.5, 0.6) is 0 Å². The van der Waals surface area contributed by atoms with Crippen LogP contribution in [0.15, 0.2) is 52.9 Å². The Morgan fingerprint density at radius 1 is 1.06 bits per heavy atom. The second-order valence-corrected chi connectivity index (χ2v) is 12.4. The van der Waals surface area contributed by atoms with Crippen LogP contribution >= 0.6 is 7.60 Å². The van der Waals surface area contributed by atoms with Crippen molar-refractivity contribution in [2.45, 2.75) is 50.8 Å². The average Bonchev–Trinajstić information content (AvgIpc) is 3.06. The Balaban J connectivity index is 1.66. The molecule has 0 spiro atoms. The molecule has 0 N–H and O–H groups in total. The Kier molecular flexibility index (Phi) is 10.1. The van der Waals surface area contributed by atoms with Gasteiger partial charge >= 0.3 is 7.60 Å². The molecule has 0 bridgehead atoms. The molecule has 2 unspecified atom stereocenters. The topological polar surface area (TPSA) is 69.7 Å². The molecular weight excluding hydrogens is 498 g/mol. The minimum Gasteiger partial charge on any atom is -0.309 e. The lowest BCUT2D eigenvalue weighted by Crippen LogP contribution is -2.01. The molecule has 0 radical (unpaired) electrons. The zero-order chi connectivity index (χ0) is 26.3. The molecule has 0 saturated carbocycles. The van der Waals surface area contributed by atoms with Gasteiger partial charge in [-0.3, -0.25) is 13.6 Å². The van der Waals surface area contributed by atoms with E-state index in [0.29, 0.717) is 32.5 Å². The van der Waals surface area contributed by atoms with Crippen molar-refractivity contribution in [3.63, 3.8) is 0 Å². The fourth-order valence-corrected chi connectivity index (χ4v) is 5.82. The van der Waals surface area contributed by atoms with Crippen molar-refractivity contribution in [3.8, 4) is 0 Å². The molecule has 8 heteroatoms. The van der Waals surface area contributed by atoms with E-state index in [-0.39, 0.29) is 18.0 Å². The fourth-order valence-electron chi connectivity index (χ4n) is 4.29. The van der Waals surface area contributed by atoms with Gasteiger partial charge in [-0.25, -0.2) is 4.39 Å². The fraction of sp³-hybridized carbons (Fsp3) is 0.393. The van der Waals surface area contributed by atoms with Crippen molar-refractivity contribution < 1.29 is 27.0 Å². The normalized spacial score (nSPS) is 16.8. The minimum atomic E-state index is -2.98. The molecule has 2 aromatic rings. The highest BCUT2D eigenvalue weighted by molar-refractivity contribution is 7.84. The van der Waals surface area contributed by atoms with E-state index < -0.39 is 18.4 Å². The summed E-state index contributed by atoms with van der Waals surface area (Å²) in [5.74, 6) is -0.227. The highest BCUT2D eigenvalue weighted by atomic mass is 32.2. The summed E-state index contributed by atoms with van der Waals surface area (Å²) in [4.78, 5) is 13.6. The molecule has 1 aliphatic carbocycles. The third kappa shape index (κ3) is 7.66. The van der Waals surface area contributed by atoms with Gasteiger partial charge in [0, 0.05) is 41.5 Å². The van der Waals surface area contributed by atoms with Crippen LogP contribution in [0.3, 0.4) is 0 Å². The molecule has 2 aromatic carbocycles. The smallest absolute Gasteiger partial charge is 0.309 e. The van der Waals surface area contributed by atoms with Gasteiger partial charge in [-0.15, -0.1) is 0 Å². The Morgan fingerprint density at radius 3 is 2.44 bits per heavy atom. The van der Waals surface area contributed by atoms with Gasteiger partial charge < -0.3 is 9.05 Å². The molecule has 5 nitrogen and oxygen atoms in total. The molecule has 194 valence electrons. The lowest BCUT2D eigenvalue weighted by atomic mass is 9.98. The number of rotatable bonds is 13. The van der Waals surface area contributed by atoms with Crippen molar-refractivity contribution in [1.29, 1.82) is 0 Å². The number of hydrogen-bond acceptors (Lipinski definition) is 5. The van der Waals surface area contributed by atoms with Crippen LogP contribution in [0.1, 0.15) is 62.6 Å². The zero-order valence-corrected chi connectivity index (χ0v) is 23.1. The summed E-state index contributed by atoms with van der Waals surface area (Å²) in [5, 5.41) is 0. The van der Waals surface area contributed by atoms with Crippen molar-refractivity contribution >= 4 is 41.4 Å². The first kappa shape index (κ1) is 28.4. The van der Waals surface area contributed by atoms with Gasteiger partial charge in [-0.05, 0) is 90.4 Å². The maximum Gasteiger partial charge on any atom is 0.327 e. The van der Waals surface area contributed by atoms with Gasteiger partial charge in [0.1, 0.15) is 11.6 Å². The first-order chi connectivity index (χ1) is 17.1. The van der Waals surface area contributed by atoms with Crippen molar-refractivity contribution in [3.05, 3.63) is 70.5 Å². The molecule has 0 heterocycles. The number of unbranched alkanes of at least 4 members (excludes halogenated alkanes) is 2. The quantitative estimate of drug-likeness (QED) is 0.200. The number of benzene rings is 2. The predicted octanol–water partition coefficient (Wildman–Crippen LogP) is 7.29. The Labute approximate surface area is 215 Å². The molecule has 3 rings (SSSR count). The van der Waals surface area contributed by atoms with Crippen molar-refractivity contribution in [1.82, 2.24) is 0 Å². The van der Waals surface area contributed by atoms with Crippen LogP contribution in [-0.4, -0.2) is 36.1 Å². The van der Waals surface area contributed by atoms with Crippen LogP contribution in [-0.2, 0) is 29.2 Å². The van der Waals surface area contributed by atoms with Crippen LogP contribution in [0.25, 0.3) is 17.2 Å². The maximum absolute atomic E-state index is 14.1. The summed E-state index contributed by atoms with van der Waals surface area (Å²) in [7, 11) is -4.03. The van der Waals surface area contributed by atoms with Gasteiger partial charge in [0.2, 0.25) is 0 Å². The highest BCUT2D eigenvalue weighted by Gasteiger charge is 2.25. The Bertz CT molecular complexity index is 1230. The zero-order valence-electron chi connectivity index (χ0n) is 21.3. The van der Waals surface area contributed by atoms with Gasteiger partial charge in [0.25, 0.3) is 0 Å². The predicted molar refractivity (Wildman–Crippen MR) is 145 cm³/mol. The van der Waals surface area contributed by atoms with E-state index in [1.165, 1.54) is 18.8 Å². The van der Waals surface area contributed by atoms with E-state index in [4.69, 9.17) is 9.05 Å². The summed E-state index contributed by atoms with van der Waals surface area (Å²) in [6.45, 7) is 5.88. The molecule has 0 aliphatic heterocycles. The van der Waals surface area contributed by atoms with Crippen molar-refractivity contribution in [2.24, 2.45) is 0 Å². The summed E-state index contributed by atoms with van der Waals surface area (Å²) in [6, 6.07) is 12.2. The summed E-state index contributed by atoms with van der Waals surface area (Å²) < 4.78 is 48.2. The van der Waals surface area contributed by atoms with Crippen LogP contribution < -0.4 is 0 Å². The first-order valence-electron chi connectivity index (χ1n) is 12.1. The minimum absolute atomic E-state index is 0.104. The van der Waals surface area contributed by atoms with E-state index in [0.717, 1.165) is 44.7 Å². The lowest BCUT2D eigenvalue weighted by Gasteiger charge is -2.12. The summed E-state index contributed by atoms with van der Waals surface area (Å²) in [5.41, 5.74) is 5.42. The van der Waals surface area contributed by atoms with Crippen LogP contribution in [0.2, 0.25) is 0 Å². The molecule has 1 aliphatic rings. The monoisotopic (exact) mass is 532 g/mol. The van der Waals surface area contributed by atoms with Gasteiger partial charge in [-0.2, -0.15) is 0 Å². The third-order valence-corrected chi connectivity index (χ3v) is 8.45. The molecule has 0 saturated heterocycles. The number of ketones is 1. The SMILES string of the molecule is CCOP(C)(=O)OCCCCCC(=O)CC1=C(C)/C(=C/c2ccc(S(C)=O)cc2)c2ccc(F)cc21. The number of fused-ring (bicyclic) bond motifs is 1. The Morgan fingerprint density at radius 2 is 1.78 bits per heavy atom. The number of carbonyl (C=O) groups excluding carboxylic acids is 1. The van der Waals surface area contributed by atoms with Crippen molar-refractivity contribution in [2.75, 3.05) is 26.1 Å². The highest BCUT2D eigenvalue weighted by Crippen LogP contribution is 2.45. The van der Waals surface area contributed by atoms with E-state index in [1.807, 2.05) is 37.3 Å². The molecule has 36 heavy (non-hydrogen) atoms. The number of halogens is 1. The third-order valence-electron chi connectivity index (χ3n) is 6.14. The van der Waals surface area contributed by atoms with Gasteiger partial charge in [-0.1, -0.05) is 24.6 Å². The molecule has 2 atom stereocenters. The molecular formula is C28H34FO5PS. The summed E-state index contributed by atoms with van der Waals surface area (Å²) in [6.07, 6.45) is 6.53. The largest absolute Gasteiger partial charge is 0.327 e. The second kappa shape index (κ2) is 12.9. The summed E-state index contributed by atoms with van der Waals surface area (Å²) >= 11 is 0. The van der Waals surface area contributed by atoms with Gasteiger partial charge in [0.05, 0.1) is 13.2 Å². The van der Waals surface area contributed by atoms with E-state index in [2.05, 4.69) is 0 Å². The lowest BCUT2D eigenvalue weighted by molar-refractivity contribution is -0.118. The second-order valence-electron chi connectivity index (χ2n) is 8.92. The van der Waals surface area contributed by atoms with Crippen LogP contribution in [0.4, 0.5) is 4.39 Å². The molecule has 0 fully saturated rings. The first-order valence-corrected chi connectivity index (χ1v) is 15.7. The maximum atomic E-state index is 14.1. The molecule has 0 amide bonds. The standard InChI is InChI=1S/C28H34FO5PS/c1-5-33-35(3,31)34-16-8-6-7-9-23(30)19-27-20(2)26(25-15-12-22(29)18-28(25)27)17-21-10-13-24(14-11-21)36(4)32/h10-15,17-18H,5-9,16,19H2,1-4H3/b26-17-. The number of allylic oxidation sites excluding steroid dienone is 3. The average molecular weight is 533 g/mol. The van der Waals surface area contributed by atoms with Crippen LogP contribution in [0, 0.1) is 5.82 Å². The molecule has 0 aromatic heterocycles. The number of hydrogen-bond donors (Lipinski definition) is 0. The number of Topliss-reactive ketones (excluding diaryl/α,β-unsaturated/α-hetero) is 1. The van der Waals surface area contributed by atoms with E-state index in [1.54, 1.807) is 19.2 Å².